The molecule has 2 aliphatic heterocycles. The van der Waals surface area contributed by atoms with Crippen LogP contribution in [0.1, 0.15) is 56.9 Å². The number of benzene rings is 1. The molecule has 4 heteroatoms. The number of aliphatic hydroxyl groups is 1. The van der Waals surface area contributed by atoms with Gasteiger partial charge in [-0.05, 0) is 43.0 Å². The molecule has 4 aliphatic rings. The second-order valence-corrected chi connectivity index (χ2v) is 8.91. The summed E-state index contributed by atoms with van der Waals surface area (Å²) in [4.78, 5) is 15.7. The van der Waals surface area contributed by atoms with Gasteiger partial charge in [0.1, 0.15) is 0 Å². The number of nitrogens with zero attached hydrogens (tertiary/aromatic N) is 1. The maximum Gasteiger partial charge on any atom is 0.259 e. The average Bonchev–Trinajstić information content (AvgIpc) is 3.24. The first-order chi connectivity index (χ1) is 13.2. The van der Waals surface area contributed by atoms with E-state index in [1.165, 1.54) is 12.8 Å². The fourth-order valence-corrected chi connectivity index (χ4v) is 6.21. The predicted octanol–water partition coefficient (Wildman–Crippen LogP) is 3.36. The summed E-state index contributed by atoms with van der Waals surface area (Å²) >= 11 is 0. The maximum atomic E-state index is 13.7. The molecule has 2 N–H and O–H groups in total. The van der Waals surface area contributed by atoms with Gasteiger partial charge in [0.05, 0.1) is 0 Å². The van der Waals surface area contributed by atoms with Crippen LogP contribution in [0.15, 0.2) is 42.1 Å². The van der Waals surface area contributed by atoms with E-state index in [2.05, 4.69) is 17.4 Å². The number of carbonyl (C=O) groups excluding carboxylic acids is 1. The highest BCUT2D eigenvalue weighted by Crippen LogP contribution is 2.51. The molecule has 0 radical (unpaired) electrons. The number of hydrogen-bond donors (Lipinski definition) is 2. The van der Waals surface area contributed by atoms with Crippen LogP contribution in [-0.2, 0) is 11.3 Å². The minimum atomic E-state index is -1.30. The summed E-state index contributed by atoms with van der Waals surface area (Å²) < 4.78 is 0. The zero-order valence-electron chi connectivity index (χ0n) is 15.9. The molecule has 0 bridgehead atoms. The Labute approximate surface area is 161 Å². The summed E-state index contributed by atoms with van der Waals surface area (Å²) in [6, 6.07) is 10.8. The van der Waals surface area contributed by atoms with Gasteiger partial charge in [-0.2, -0.15) is 0 Å². The lowest BCUT2D eigenvalue weighted by Gasteiger charge is -2.37. The fraction of sp³-hybridized carbons (Fsp3) is 0.609. The van der Waals surface area contributed by atoms with Gasteiger partial charge in [0.25, 0.3) is 5.91 Å². The average molecular weight is 367 g/mol. The molecule has 0 aromatic heterocycles. The molecule has 2 aliphatic carbocycles. The first-order valence-electron chi connectivity index (χ1n) is 10.7. The summed E-state index contributed by atoms with van der Waals surface area (Å²) in [5, 5.41) is 15.4. The topological polar surface area (TPSA) is 52.6 Å². The summed E-state index contributed by atoms with van der Waals surface area (Å²) in [5.74, 6) is 0.311. The van der Waals surface area contributed by atoms with E-state index in [-0.39, 0.29) is 17.9 Å². The Morgan fingerprint density at radius 1 is 1.04 bits per heavy atom. The van der Waals surface area contributed by atoms with E-state index >= 15 is 0 Å². The van der Waals surface area contributed by atoms with Crippen molar-refractivity contribution in [2.75, 3.05) is 0 Å². The van der Waals surface area contributed by atoms with E-state index in [0.29, 0.717) is 18.5 Å². The van der Waals surface area contributed by atoms with Crippen LogP contribution in [-0.4, -0.2) is 33.6 Å². The van der Waals surface area contributed by atoms with Gasteiger partial charge in [-0.1, -0.05) is 56.0 Å². The van der Waals surface area contributed by atoms with Gasteiger partial charge in [0, 0.05) is 30.5 Å². The van der Waals surface area contributed by atoms with E-state index < -0.39 is 5.60 Å². The zero-order chi connectivity index (χ0) is 18.4. The number of rotatable bonds is 3. The van der Waals surface area contributed by atoms with Crippen LogP contribution in [0.5, 0.6) is 0 Å². The minimum Gasteiger partial charge on any atom is -0.387 e. The van der Waals surface area contributed by atoms with Gasteiger partial charge in [-0.25, -0.2) is 0 Å². The van der Waals surface area contributed by atoms with Crippen molar-refractivity contribution in [2.45, 2.75) is 75.6 Å². The number of amides is 1. The molecule has 144 valence electrons. The first-order valence-corrected chi connectivity index (χ1v) is 10.7. The van der Waals surface area contributed by atoms with Crippen molar-refractivity contribution in [3.63, 3.8) is 0 Å². The molecule has 1 amide bonds. The van der Waals surface area contributed by atoms with Gasteiger partial charge in [-0.3, -0.25) is 4.79 Å². The second kappa shape index (κ2) is 6.66. The first kappa shape index (κ1) is 17.3. The predicted molar refractivity (Wildman–Crippen MR) is 105 cm³/mol. The van der Waals surface area contributed by atoms with E-state index in [0.717, 1.165) is 49.7 Å². The summed E-state index contributed by atoms with van der Waals surface area (Å²) in [6.07, 6.45) is 10.9. The molecule has 2 saturated carbocycles. The molecule has 27 heavy (non-hydrogen) atoms. The standard InChI is InChI=1S/C23H30N2O2/c26-22-23(27,19-14-24-20-12-6-4-10-17(19)20)18-11-5-7-13-21(18)25(22)15-16-8-2-1-3-9-16/h1-3,8-9,14,17-18,20-21,24,27H,4-7,10-13,15H2. The largest absolute Gasteiger partial charge is 0.387 e. The normalized spacial score (nSPS) is 38.2. The van der Waals surface area contributed by atoms with E-state index in [1.807, 2.05) is 29.3 Å². The Balaban J connectivity index is 1.49. The van der Waals surface area contributed by atoms with E-state index in [9.17, 15) is 9.90 Å². The molecular weight excluding hydrogens is 336 g/mol. The third kappa shape index (κ3) is 2.64. The summed E-state index contributed by atoms with van der Waals surface area (Å²) in [5.41, 5.74) is 0.835. The lowest BCUT2D eigenvalue weighted by molar-refractivity contribution is -0.143. The van der Waals surface area contributed by atoms with Crippen molar-refractivity contribution in [2.24, 2.45) is 11.8 Å². The quantitative estimate of drug-likeness (QED) is 0.862. The Kier molecular flexibility index (Phi) is 4.27. The van der Waals surface area contributed by atoms with Crippen LogP contribution in [0, 0.1) is 11.8 Å². The molecule has 4 nitrogen and oxygen atoms in total. The van der Waals surface area contributed by atoms with Crippen LogP contribution in [0.4, 0.5) is 0 Å². The summed E-state index contributed by atoms with van der Waals surface area (Å²) in [7, 11) is 0. The fourth-order valence-electron chi connectivity index (χ4n) is 6.21. The minimum absolute atomic E-state index is 0.0381. The summed E-state index contributed by atoms with van der Waals surface area (Å²) in [6.45, 7) is 0.609. The highest BCUT2D eigenvalue weighted by molar-refractivity contribution is 5.92. The van der Waals surface area contributed by atoms with E-state index in [4.69, 9.17) is 0 Å². The lowest BCUT2D eigenvalue weighted by atomic mass is 9.68. The maximum absolute atomic E-state index is 13.7. The molecular formula is C23H30N2O2. The molecule has 3 fully saturated rings. The molecule has 5 rings (SSSR count). The monoisotopic (exact) mass is 366 g/mol. The van der Waals surface area contributed by atoms with Crippen LogP contribution in [0.3, 0.4) is 0 Å². The number of hydrogen-bond acceptors (Lipinski definition) is 3. The number of nitrogens with one attached hydrogen (secondary N) is 1. The molecule has 5 atom stereocenters. The lowest BCUT2D eigenvalue weighted by Crippen LogP contribution is -2.48. The Morgan fingerprint density at radius 2 is 1.78 bits per heavy atom. The van der Waals surface area contributed by atoms with Gasteiger partial charge in [0.2, 0.25) is 0 Å². The van der Waals surface area contributed by atoms with Crippen molar-refractivity contribution in [3.05, 3.63) is 47.7 Å². The second-order valence-electron chi connectivity index (χ2n) is 8.91. The van der Waals surface area contributed by atoms with Crippen LogP contribution in [0.25, 0.3) is 0 Å². The van der Waals surface area contributed by atoms with Gasteiger partial charge in [0.15, 0.2) is 5.60 Å². The molecule has 1 aromatic rings. The highest BCUT2D eigenvalue weighted by atomic mass is 16.3. The van der Waals surface area contributed by atoms with Crippen molar-refractivity contribution in [3.8, 4) is 0 Å². The Morgan fingerprint density at radius 3 is 2.63 bits per heavy atom. The zero-order valence-corrected chi connectivity index (χ0v) is 15.9. The molecule has 2 heterocycles. The Hall–Kier alpha value is -1.81. The molecule has 1 aromatic carbocycles. The number of likely N-dealkylation sites (tertiary alicyclic amines) is 1. The van der Waals surface area contributed by atoms with Gasteiger partial charge in [-0.15, -0.1) is 0 Å². The smallest absolute Gasteiger partial charge is 0.259 e. The van der Waals surface area contributed by atoms with Crippen LogP contribution >= 0.6 is 0 Å². The van der Waals surface area contributed by atoms with Crippen LogP contribution < -0.4 is 5.32 Å². The van der Waals surface area contributed by atoms with Crippen molar-refractivity contribution < 1.29 is 9.90 Å². The molecule has 0 spiro atoms. The van der Waals surface area contributed by atoms with E-state index in [1.54, 1.807) is 0 Å². The third-order valence-electron chi connectivity index (χ3n) is 7.51. The van der Waals surface area contributed by atoms with Crippen molar-refractivity contribution in [1.82, 2.24) is 10.2 Å². The number of fused-ring (bicyclic) bond motifs is 2. The molecule has 1 saturated heterocycles. The van der Waals surface area contributed by atoms with Crippen molar-refractivity contribution >= 4 is 5.91 Å². The van der Waals surface area contributed by atoms with Gasteiger partial charge < -0.3 is 15.3 Å². The Bertz CT molecular complexity index is 746. The molecule has 5 unspecified atom stereocenters. The SMILES string of the molecule is O=C1N(Cc2ccccc2)C2CCCCC2C1(O)C1=CNC2CCCCC12. The highest BCUT2D eigenvalue weighted by Gasteiger charge is 2.62. The van der Waals surface area contributed by atoms with Crippen LogP contribution in [0.2, 0.25) is 0 Å². The van der Waals surface area contributed by atoms with Gasteiger partial charge >= 0.3 is 0 Å². The number of carbonyl (C=O) groups is 1. The third-order valence-corrected chi connectivity index (χ3v) is 7.51. The van der Waals surface area contributed by atoms with Crippen molar-refractivity contribution in [1.29, 1.82) is 0 Å².